The first-order valence-corrected chi connectivity index (χ1v) is 8.10. The van der Waals surface area contributed by atoms with E-state index in [1.165, 1.54) is 24.3 Å². The summed E-state index contributed by atoms with van der Waals surface area (Å²) < 4.78 is 26.6. The van der Waals surface area contributed by atoms with Gasteiger partial charge in [-0.2, -0.15) is 0 Å². The number of carbonyl (C=O) groups is 1. The molecule has 1 amide bonds. The quantitative estimate of drug-likeness (QED) is 0.698. The van der Waals surface area contributed by atoms with Crippen molar-refractivity contribution in [3.63, 3.8) is 0 Å². The zero-order valence-corrected chi connectivity index (χ0v) is 11.9. The molecule has 4 N–H and O–H groups in total. The number of benzene rings is 1. The molecule has 0 aromatic heterocycles. The summed E-state index contributed by atoms with van der Waals surface area (Å²) in [5.41, 5.74) is 5.40. The summed E-state index contributed by atoms with van der Waals surface area (Å²) in [6.07, 6.45) is 3.01. The fraction of sp³-hybridized carbons (Fsp3) is 0.462. The SMILES string of the molecule is NC(=O)c1ccc(S(=O)(=O)NCC[C@@H]2CCCN2)cc1. The van der Waals surface area contributed by atoms with Crippen LogP contribution in [0.3, 0.4) is 0 Å². The van der Waals surface area contributed by atoms with E-state index in [1.54, 1.807) is 0 Å². The summed E-state index contributed by atoms with van der Waals surface area (Å²) in [6, 6.07) is 5.99. The summed E-state index contributed by atoms with van der Waals surface area (Å²) in [5, 5.41) is 3.32. The standard InChI is InChI=1S/C13H19N3O3S/c14-13(17)10-3-5-12(6-4-10)20(18,19)16-9-7-11-2-1-8-15-11/h3-6,11,15-16H,1-2,7-9H2,(H2,14,17)/t11-/m0/s1. The number of sulfonamides is 1. The average Bonchev–Trinajstić information content (AvgIpc) is 2.92. The summed E-state index contributed by atoms with van der Waals surface area (Å²) >= 11 is 0. The molecule has 0 unspecified atom stereocenters. The number of amides is 1. The van der Waals surface area contributed by atoms with E-state index in [0.29, 0.717) is 18.2 Å². The molecule has 1 aliphatic rings. The molecule has 0 spiro atoms. The van der Waals surface area contributed by atoms with Gasteiger partial charge < -0.3 is 11.1 Å². The molecule has 1 fully saturated rings. The van der Waals surface area contributed by atoms with Gasteiger partial charge in [0.05, 0.1) is 4.90 Å². The van der Waals surface area contributed by atoms with Crippen LogP contribution in [-0.4, -0.2) is 33.5 Å². The van der Waals surface area contributed by atoms with Gasteiger partial charge in [0.2, 0.25) is 15.9 Å². The minimum atomic E-state index is -3.52. The Hall–Kier alpha value is -1.44. The number of carbonyl (C=O) groups excluding carboxylic acids is 1. The van der Waals surface area contributed by atoms with Crippen molar-refractivity contribution in [2.75, 3.05) is 13.1 Å². The molecule has 1 heterocycles. The van der Waals surface area contributed by atoms with Gasteiger partial charge in [-0.3, -0.25) is 4.79 Å². The third-order valence-electron chi connectivity index (χ3n) is 3.40. The molecule has 1 atom stereocenters. The monoisotopic (exact) mass is 297 g/mol. The van der Waals surface area contributed by atoms with Gasteiger partial charge in [-0.25, -0.2) is 13.1 Å². The zero-order valence-electron chi connectivity index (χ0n) is 11.1. The lowest BCUT2D eigenvalue weighted by atomic mass is 10.2. The molecule has 6 nitrogen and oxygen atoms in total. The third-order valence-corrected chi connectivity index (χ3v) is 4.87. The minimum absolute atomic E-state index is 0.141. The van der Waals surface area contributed by atoms with Crippen LogP contribution in [0.2, 0.25) is 0 Å². The molecule has 2 rings (SSSR count). The molecule has 110 valence electrons. The maximum atomic E-state index is 12.0. The Balaban J connectivity index is 1.93. The molecule has 1 saturated heterocycles. The van der Waals surface area contributed by atoms with E-state index in [9.17, 15) is 13.2 Å². The van der Waals surface area contributed by atoms with Gasteiger partial charge in [0.15, 0.2) is 0 Å². The Bertz CT molecular complexity index is 563. The van der Waals surface area contributed by atoms with Gasteiger partial charge in [-0.1, -0.05) is 0 Å². The highest BCUT2D eigenvalue weighted by Gasteiger charge is 2.17. The van der Waals surface area contributed by atoms with E-state index in [-0.39, 0.29) is 4.90 Å². The van der Waals surface area contributed by atoms with E-state index >= 15 is 0 Å². The van der Waals surface area contributed by atoms with Gasteiger partial charge in [-0.05, 0) is 50.1 Å². The third kappa shape index (κ3) is 3.78. The minimum Gasteiger partial charge on any atom is -0.366 e. The van der Waals surface area contributed by atoms with Gasteiger partial charge in [0, 0.05) is 18.2 Å². The molecular weight excluding hydrogens is 278 g/mol. The van der Waals surface area contributed by atoms with Gasteiger partial charge in [-0.15, -0.1) is 0 Å². The topological polar surface area (TPSA) is 101 Å². The normalized spacial score (nSPS) is 19.1. The summed E-state index contributed by atoms with van der Waals surface area (Å²) in [7, 11) is -3.52. The smallest absolute Gasteiger partial charge is 0.248 e. The van der Waals surface area contributed by atoms with E-state index in [2.05, 4.69) is 10.0 Å². The lowest BCUT2D eigenvalue weighted by molar-refractivity contribution is 0.1000. The molecular formula is C13H19N3O3S. The second-order valence-corrected chi connectivity index (χ2v) is 6.64. The van der Waals surface area contributed by atoms with E-state index in [1.807, 2.05) is 0 Å². The highest BCUT2D eigenvalue weighted by Crippen LogP contribution is 2.11. The number of hydrogen-bond donors (Lipinski definition) is 3. The van der Waals surface area contributed by atoms with Gasteiger partial charge in [0.1, 0.15) is 0 Å². The van der Waals surface area contributed by atoms with E-state index in [4.69, 9.17) is 5.73 Å². The fourth-order valence-corrected chi connectivity index (χ4v) is 3.30. The first-order valence-electron chi connectivity index (χ1n) is 6.62. The Morgan fingerprint density at radius 2 is 2.05 bits per heavy atom. The molecule has 0 aliphatic carbocycles. The number of nitrogens with two attached hydrogens (primary N) is 1. The van der Waals surface area contributed by atoms with Crippen molar-refractivity contribution in [1.82, 2.24) is 10.0 Å². The second kappa shape index (κ2) is 6.34. The van der Waals surface area contributed by atoms with Crippen molar-refractivity contribution in [2.24, 2.45) is 5.73 Å². The first-order chi connectivity index (χ1) is 9.49. The largest absolute Gasteiger partial charge is 0.366 e. The van der Waals surface area contributed by atoms with Crippen molar-refractivity contribution >= 4 is 15.9 Å². The fourth-order valence-electron chi connectivity index (χ4n) is 2.25. The van der Waals surface area contributed by atoms with Crippen molar-refractivity contribution in [3.05, 3.63) is 29.8 Å². The van der Waals surface area contributed by atoms with E-state index < -0.39 is 15.9 Å². The van der Waals surface area contributed by atoms with Crippen LogP contribution < -0.4 is 15.8 Å². The second-order valence-electron chi connectivity index (χ2n) is 4.87. The predicted molar refractivity (Wildman–Crippen MR) is 75.8 cm³/mol. The van der Waals surface area contributed by atoms with Crippen LogP contribution in [0.25, 0.3) is 0 Å². The molecule has 1 aromatic carbocycles. The lowest BCUT2D eigenvalue weighted by Gasteiger charge is -2.11. The number of nitrogens with one attached hydrogen (secondary N) is 2. The van der Waals surface area contributed by atoms with Crippen LogP contribution in [0, 0.1) is 0 Å². The van der Waals surface area contributed by atoms with Crippen LogP contribution in [0.5, 0.6) is 0 Å². The highest BCUT2D eigenvalue weighted by atomic mass is 32.2. The Morgan fingerprint density at radius 3 is 2.60 bits per heavy atom. The molecule has 7 heteroatoms. The van der Waals surface area contributed by atoms with Gasteiger partial charge in [0.25, 0.3) is 0 Å². The zero-order chi connectivity index (χ0) is 14.6. The Kier molecular flexibility index (Phi) is 4.74. The number of primary amides is 1. The lowest BCUT2D eigenvalue weighted by Crippen LogP contribution is -2.30. The van der Waals surface area contributed by atoms with E-state index in [0.717, 1.165) is 25.8 Å². The Morgan fingerprint density at radius 1 is 1.35 bits per heavy atom. The maximum Gasteiger partial charge on any atom is 0.248 e. The van der Waals surface area contributed by atoms with Crippen molar-refractivity contribution in [1.29, 1.82) is 0 Å². The van der Waals surface area contributed by atoms with Crippen LogP contribution in [0.15, 0.2) is 29.2 Å². The summed E-state index contributed by atoms with van der Waals surface area (Å²) in [4.78, 5) is 11.1. The number of rotatable bonds is 6. The first kappa shape index (κ1) is 15.0. The molecule has 1 aliphatic heterocycles. The number of hydrogen-bond acceptors (Lipinski definition) is 4. The van der Waals surface area contributed by atoms with Gasteiger partial charge >= 0.3 is 0 Å². The summed E-state index contributed by atoms with van der Waals surface area (Å²) in [5.74, 6) is -0.575. The predicted octanol–water partition coefficient (Wildman–Crippen LogP) is 0.206. The van der Waals surface area contributed by atoms with Crippen LogP contribution in [-0.2, 0) is 10.0 Å². The Labute approximate surface area is 118 Å². The van der Waals surface area contributed by atoms with Crippen molar-refractivity contribution in [2.45, 2.75) is 30.2 Å². The molecule has 0 bridgehead atoms. The maximum absolute atomic E-state index is 12.0. The average molecular weight is 297 g/mol. The van der Waals surface area contributed by atoms with Crippen molar-refractivity contribution in [3.8, 4) is 0 Å². The molecule has 0 radical (unpaired) electrons. The summed E-state index contributed by atoms with van der Waals surface area (Å²) in [6.45, 7) is 1.41. The molecule has 1 aromatic rings. The highest BCUT2D eigenvalue weighted by molar-refractivity contribution is 7.89. The van der Waals surface area contributed by atoms with Crippen LogP contribution >= 0.6 is 0 Å². The van der Waals surface area contributed by atoms with Crippen LogP contribution in [0.4, 0.5) is 0 Å². The van der Waals surface area contributed by atoms with Crippen molar-refractivity contribution < 1.29 is 13.2 Å². The van der Waals surface area contributed by atoms with Crippen LogP contribution in [0.1, 0.15) is 29.6 Å². The molecule has 20 heavy (non-hydrogen) atoms. The molecule has 0 saturated carbocycles.